The van der Waals surface area contributed by atoms with E-state index in [-0.39, 0.29) is 0 Å². The summed E-state index contributed by atoms with van der Waals surface area (Å²) in [6.45, 7) is 2.17. The molecule has 0 aromatic rings. The van der Waals surface area contributed by atoms with Crippen LogP contribution in [0.2, 0.25) is 0 Å². The predicted molar refractivity (Wildman–Crippen MR) is 44.5 cm³/mol. The van der Waals surface area contributed by atoms with Crippen molar-refractivity contribution in [1.29, 1.82) is 0 Å². The van der Waals surface area contributed by atoms with E-state index >= 15 is 0 Å². The van der Waals surface area contributed by atoms with E-state index in [1.165, 1.54) is 12.8 Å². The third-order valence-electron chi connectivity index (χ3n) is 1.54. The van der Waals surface area contributed by atoms with Gasteiger partial charge in [-0.3, -0.25) is 0 Å². The Labute approximate surface area is 67.5 Å². The molecule has 0 rings (SSSR count). The number of hydrogen-bond donors (Lipinski definition) is 0. The van der Waals surface area contributed by atoms with Crippen LogP contribution in [0.5, 0.6) is 0 Å². The van der Waals surface area contributed by atoms with Crippen LogP contribution in [0.1, 0.15) is 26.2 Å². The molecule has 2 heteroatoms. The lowest BCUT2D eigenvalue weighted by atomic mass is 10.0. The first-order chi connectivity index (χ1) is 4.35. The van der Waals surface area contributed by atoms with Gasteiger partial charge in [-0.1, -0.05) is 13.3 Å². The SMILES string of the molecule is CCC(CCl)CCCCl. The van der Waals surface area contributed by atoms with E-state index in [1.807, 2.05) is 0 Å². The van der Waals surface area contributed by atoms with Gasteiger partial charge in [-0.15, -0.1) is 23.2 Å². The molecule has 0 nitrogen and oxygen atoms in total. The van der Waals surface area contributed by atoms with Gasteiger partial charge in [0, 0.05) is 11.8 Å². The smallest absolute Gasteiger partial charge is 0.0251 e. The lowest BCUT2D eigenvalue weighted by molar-refractivity contribution is 0.516. The predicted octanol–water partition coefficient (Wildman–Crippen LogP) is 3.27. The van der Waals surface area contributed by atoms with Gasteiger partial charge in [-0.25, -0.2) is 0 Å². The van der Waals surface area contributed by atoms with E-state index in [4.69, 9.17) is 23.2 Å². The maximum absolute atomic E-state index is 5.66. The van der Waals surface area contributed by atoms with Crippen LogP contribution in [0.15, 0.2) is 0 Å². The molecule has 0 aliphatic rings. The van der Waals surface area contributed by atoms with E-state index in [2.05, 4.69) is 6.92 Å². The summed E-state index contributed by atoms with van der Waals surface area (Å²) < 4.78 is 0. The van der Waals surface area contributed by atoms with Crippen LogP contribution >= 0.6 is 23.2 Å². The molecule has 0 heterocycles. The molecule has 0 aliphatic heterocycles. The summed E-state index contributed by atoms with van der Waals surface area (Å²) in [4.78, 5) is 0. The van der Waals surface area contributed by atoms with E-state index in [0.29, 0.717) is 5.92 Å². The molecule has 0 saturated carbocycles. The molecule has 56 valence electrons. The van der Waals surface area contributed by atoms with Crippen molar-refractivity contribution in [1.82, 2.24) is 0 Å². The fourth-order valence-electron chi connectivity index (χ4n) is 0.756. The molecule has 0 spiro atoms. The molecular formula is C7H14Cl2. The molecule has 0 bridgehead atoms. The van der Waals surface area contributed by atoms with Gasteiger partial charge >= 0.3 is 0 Å². The summed E-state index contributed by atoms with van der Waals surface area (Å²) in [6, 6.07) is 0. The Bertz CT molecular complexity index is 50.9. The van der Waals surface area contributed by atoms with Crippen molar-refractivity contribution in [2.75, 3.05) is 11.8 Å². The van der Waals surface area contributed by atoms with E-state index in [1.54, 1.807) is 0 Å². The zero-order valence-corrected chi connectivity index (χ0v) is 7.38. The molecule has 9 heavy (non-hydrogen) atoms. The molecule has 0 aromatic heterocycles. The van der Waals surface area contributed by atoms with E-state index in [0.717, 1.165) is 18.2 Å². The first-order valence-electron chi connectivity index (χ1n) is 3.47. The minimum Gasteiger partial charge on any atom is -0.127 e. The zero-order valence-electron chi connectivity index (χ0n) is 5.87. The normalized spacial score (nSPS) is 13.7. The quantitative estimate of drug-likeness (QED) is 0.554. The van der Waals surface area contributed by atoms with Gasteiger partial charge in [0.25, 0.3) is 0 Å². The Morgan fingerprint density at radius 1 is 1.33 bits per heavy atom. The fraction of sp³-hybridized carbons (Fsp3) is 1.00. The summed E-state index contributed by atoms with van der Waals surface area (Å²) in [7, 11) is 0. The van der Waals surface area contributed by atoms with Gasteiger partial charge in [0.05, 0.1) is 0 Å². The lowest BCUT2D eigenvalue weighted by Gasteiger charge is -2.07. The van der Waals surface area contributed by atoms with Gasteiger partial charge in [0.2, 0.25) is 0 Å². The zero-order chi connectivity index (χ0) is 7.11. The monoisotopic (exact) mass is 168 g/mol. The molecule has 1 atom stereocenters. The van der Waals surface area contributed by atoms with Gasteiger partial charge < -0.3 is 0 Å². The maximum Gasteiger partial charge on any atom is 0.0251 e. The number of alkyl halides is 2. The first kappa shape index (κ1) is 9.58. The second-order valence-corrected chi connectivity index (χ2v) is 2.95. The number of rotatable bonds is 5. The standard InChI is InChI=1S/C7H14Cl2/c1-2-7(6-9)4-3-5-8/h7H,2-6H2,1H3. The Kier molecular flexibility index (Phi) is 7.13. The maximum atomic E-state index is 5.66. The highest BCUT2D eigenvalue weighted by Crippen LogP contribution is 2.12. The summed E-state index contributed by atoms with van der Waals surface area (Å²) in [5.74, 6) is 2.24. The highest BCUT2D eigenvalue weighted by atomic mass is 35.5. The third-order valence-corrected chi connectivity index (χ3v) is 2.25. The van der Waals surface area contributed by atoms with Crippen molar-refractivity contribution >= 4 is 23.2 Å². The van der Waals surface area contributed by atoms with Crippen molar-refractivity contribution in [3.8, 4) is 0 Å². The lowest BCUT2D eigenvalue weighted by Crippen LogP contribution is -1.99. The second-order valence-electron chi connectivity index (χ2n) is 2.26. The largest absolute Gasteiger partial charge is 0.127 e. The topological polar surface area (TPSA) is 0 Å². The van der Waals surface area contributed by atoms with Crippen LogP contribution in [-0.2, 0) is 0 Å². The average molecular weight is 169 g/mol. The minimum absolute atomic E-state index is 0.686. The molecule has 0 aromatic carbocycles. The first-order valence-corrected chi connectivity index (χ1v) is 4.54. The molecule has 0 fully saturated rings. The van der Waals surface area contributed by atoms with Crippen molar-refractivity contribution in [2.45, 2.75) is 26.2 Å². The molecular weight excluding hydrogens is 155 g/mol. The van der Waals surface area contributed by atoms with Crippen molar-refractivity contribution < 1.29 is 0 Å². The van der Waals surface area contributed by atoms with Crippen LogP contribution in [0, 0.1) is 5.92 Å². The summed E-state index contributed by atoms with van der Waals surface area (Å²) in [5, 5.41) is 0. The highest BCUT2D eigenvalue weighted by molar-refractivity contribution is 6.18. The summed E-state index contributed by atoms with van der Waals surface area (Å²) >= 11 is 11.2. The molecule has 1 unspecified atom stereocenters. The molecule has 0 amide bonds. The average Bonchev–Trinajstić information content (AvgIpc) is 1.91. The van der Waals surface area contributed by atoms with E-state index in [9.17, 15) is 0 Å². The van der Waals surface area contributed by atoms with Crippen LogP contribution in [0.3, 0.4) is 0 Å². The Hall–Kier alpha value is 0.580. The molecule has 0 saturated heterocycles. The van der Waals surface area contributed by atoms with Crippen LogP contribution < -0.4 is 0 Å². The number of hydrogen-bond acceptors (Lipinski definition) is 0. The minimum atomic E-state index is 0.686. The highest BCUT2D eigenvalue weighted by Gasteiger charge is 2.01. The van der Waals surface area contributed by atoms with Crippen molar-refractivity contribution in [3.63, 3.8) is 0 Å². The Morgan fingerprint density at radius 3 is 2.33 bits per heavy atom. The van der Waals surface area contributed by atoms with E-state index < -0.39 is 0 Å². The fourth-order valence-corrected chi connectivity index (χ4v) is 1.28. The van der Waals surface area contributed by atoms with Crippen LogP contribution in [0.25, 0.3) is 0 Å². The van der Waals surface area contributed by atoms with Gasteiger partial charge in [0.15, 0.2) is 0 Å². The summed E-state index contributed by atoms with van der Waals surface area (Å²) in [6.07, 6.45) is 3.47. The van der Waals surface area contributed by atoms with Gasteiger partial charge in [-0.2, -0.15) is 0 Å². The second kappa shape index (κ2) is 6.70. The summed E-state index contributed by atoms with van der Waals surface area (Å²) in [5.41, 5.74) is 0. The van der Waals surface area contributed by atoms with Crippen molar-refractivity contribution in [2.24, 2.45) is 5.92 Å². The molecule has 0 radical (unpaired) electrons. The number of halogens is 2. The van der Waals surface area contributed by atoms with Gasteiger partial charge in [0.1, 0.15) is 0 Å². The van der Waals surface area contributed by atoms with Crippen LogP contribution in [-0.4, -0.2) is 11.8 Å². The van der Waals surface area contributed by atoms with Gasteiger partial charge in [-0.05, 0) is 18.8 Å². The molecule has 0 aliphatic carbocycles. The van der Waals surface area contributed by atoms with Crippen molar-refractivity contribution in [3.05, 3.63) is 0 Å². The molecule has 0 N–H and O–H groups in total. The Morgan fingerprint density at radius 2 is 2.00 bits per heavy atom. The van der Waals surface area contributed by atoms with Crippen LogP contribution in [0.4, 0.5) is 0 Å². The Balaban J connectivity index is 3.09. The third kappa shape index (κ3) is 5.05.